The van der Waals surface area contributed by atoms with Crippen LogP contribution < -0.4 is 10.2 Å². The number of pyridine rings is 2. The van der Waals surface area contributed by atoms with Crippen LogP contribution in [0.15, 0.2) is 36.7 Å². The average molecular weight is 341 g/mol. The molecule has 2 aromatic heterocycles. The number of piperazine rings is 1. The standard InChI is InChI=1S/C19H24FN5/c1-13(2)10-15-12-25(9-8-23-15)19-16(20)5-6-17(24-19)18(21)14-4-3-7-22-11-14/h3-7,11,13,15,21,23H,8-10,12H2,1-2H3. The average Bonchev–Trinajstić information content (AvgIpc) is 2.62. The highest BCUT2D eigenvalue weighted by Crippen LogP contribution is 2.21. The molecule has 25 heavy (non-hydrogen) atoms. The lowest BCUT2D eigenvalue weighted by atomic mass is 10.0. The molecule has 6 heteroatoms. The minimum atomic E-state index is -0.340. The number of anilines is 1. The van der Waals surface area contributed by atoms with Gasteiger partial charge < -0.3 is 10.2 Å². The van der Waals surface area contributed by atoms with E-state index in [2.05, 4.69) is 29.1 Å². The minimum absolute atomic E-state index is 0.253. The summed E-state index contributed by atoms with van der Waals surface area (Å²) in [6, 6.07) is 6.88. The van der Waals surface area contributed by atoms with Crippen LogP contribution in [-0.4, -0.2) is 41.4 Å². The van der Waals surface area contributed by atoms with E-state index in [9.17, 15) is 4.39 Å². The van der Waals surface area contributed by atoms with Crippen LogP contribution in [0.1, 0.15) is 31.5 Å². The van der Waals surface area contributed by atoms with Crippen LogP contribution in [0.3, 0.4) is 0 Å². The Bertz CT molecular complexity index is 732. The monoisotopic (exact) mass is 341 g/mol. The maximum atomic E-state index is 14.4. The van der Waals surface area contributed by atoms with Gasteiger partial charge in [-0.3, -0.25) is 10.4 Å². The lowest BCUT2D eigenvalue weighted by Crippen LogP contribution is -2.51. The molecule has 1 aliphatic rings. The van der Waals surface area contributed by atoms with Crippen molar-refractivity contribution in [3.05, 3.63) is 53.7 Å². The van der Waals surface area contributed by atoms with Gasteiger partial charge in [-0.05, 0) is 36.6 Å². The molecule has 0 amide bonds. The van der Waals surface area contributed by atoms with E-state index in [1.807, 2.05) is 11.0 Å². The van der Waals surface area contributed by atoms with Crippen molar-refractivity contribution in [2.75, 3.05) is 24.5 Å². The molecule has 0 bridgehead atoms. The third kappa shape index (κ3) is 4.20. The summed E-state index contributed by atoms with van der Waals surface area (Å²) >= 11 is 0. The summed E-state index contributed by atoms with van der Waals surface area (Å²) < 4.78 is 14.4. The van der Waals surface area contributed by atoms with Crippen molar-refractivity contribution >= 4 is 11.5 Å². The van der Waals surface area contributed by atoms with E-state index in [0.717, 1.165) is 19.5 Å². The topological polar surface area (TPSA) is 64.9 Å². The summed E-state index contributed by atoms with van der Waals surface area (Å²) in [5.74, 6) is 0.578. The van der Waals surface area contributed by atoms with Crippen LogP contribution in [0, 0.1) is 17.1 Å². The summed E-state index contributed by atoms with van der Waals surface area (Å²) in [6.07, 6.45) is 4.33. The van der Waals surface area contributed by atoms with E-state index in [1.54, 1.807) is 24.5 Å². The van der Waals surface area contributed by atoms with Crippen molar-refractivity contribution in [3.8, 4) is 0 Å². The van der Waals surface area contributed by atoms with Gasteiger partial charge in [0.2, 0.25) is 0 Å². The number of nitrogens with zero attached hydrogens (tertiary/aromatic N) is 3. The van der Waals surface area contributed by atoms with Crippen LogP contribution >= 0.6 is 0 Å². The third-order valence-electron chi connectivity index (χ3n) is 4.34. The number of halogens is 1. The van der Waals surface area contributed by atoms with Gasteiger partial charge in [0, 0.05) is 43.6 Å². The second kappa shape index (κ2) is 7.70. The predicted molar refractivity (Wildman–Crippen MR) is 97.8 cm³/mol. The lowest BCUT2D eigenvalue weighted by Gasteiger charge is -2.35. The van der Waals surface area contributed by atoms with Crippen LogP contribution in [0.4, 0.5) is 10.2 Å². The molecule has 2 aromatic rings. The molecule has 2 N–H and O–H groups in total. The highest BCUT2D eigenvalue weighted by Gasteiger charge is 2.24. The molecule has 3 heterocycles. The third-order valence-corrected chi connectivity index (χ3v) is 4.34. The van der Waals surface area contributed by atoms with Gasteiger partial charge in [0.25, 0.3) is 0 Å². The van der Waals surface area contributed by atoms with Gasteiger partial charge in [-0.2, -0.15) is 0 Å². The molecule has 0 saturated carbocycles. The Balaban J connectivity index is 1.83. The number of rotatable bonds is 5. The quantitative estimate of drug-likeness (QED) is 0.821. The summed E-state index contributed by atoms with van der Waals surface area (Å²) in [6.45, 7) is 6.63. The molecule has 0 spiro atoms. The van der Waals surface area contributed by atoms with Gasteiger partial charge in [0.15, 0.2) is 11.6 Å². The normalized spacial score (nSPS) is 17.8. The second-order valence-electron chi connectivity index (χ2n) is 6.85. The fourth-order valence-electron chi connectivity index (χ4n) is 3.20. The Labute approximate surface area is 147 Å². The number of hydrogen-bond donors (Lipinski definition) is 2. The molecule has 0 aromatic carbocycles. The zero-order valence-electron chi connectivity index (χ0n) is 14.7. The SMILES string of the molecule is CC(C)CC1CN(c2nc(C(=N)c3cccnc3)ccc2F)CCN1. The second-order valence-corrected chi connectivity index (χ2v) is 6.85. The van der Waals surface area contributed by atoms with Gasteiger partial charge in [0.1, 0.15) is 0 Å². The van der Waals surface area contributed by atoms with Crippen molar-refractivity contribution in [1.29, 1.82) is 5.41 Å². The van der Waals surface area contributed by atoms with Gasteiger partial charge in [-0.1, -0.05) is 13.8 Å². The van der Waals surface area contributed by atoms with E-state index < -0.39 is 0 Å². The van der Waals surface area contributed by atoms with Crippen molar-refractivity contribution < 1.29 is 4.39 Å². The fourth-order valence-corrected chi connectivity index (χ4v) is 3.20. The summed E-state index contributed by atoms with van der Waals surface area (Å²) in [5.41, 5.74) is 1.39. The first-order chi connectivity index (χ1) is 12.0. The van der Waals surface area contributed by atoms with Crippen molar-refractivity contribution in [2.45, 2.75) is 26.3 Å². The Hall–Kier alpha value is -2.34. The molecule has 132 valence electrons. The molecule has 0 radical (unpaired) electrons. The van der Waals surface area contributed by atoms with Gasteiger partial charge in [-0.25, -0.2) is 9.37 Å². The first kappa shape index (κ1) is 17.5. The van der Waals surface area contributed by atoms with E-state index in [1.165, 1.54) is 6.07 Å². The lowest BCUT2D eigenvalue weighted by molar-refractivity contribution is 0.385. The maximum Gasteiger partial charge on any atom is 0.165 e. The van der Waals surface area contributed by atoms with Gasteiger partial charge in [-0.15, -0.1) is 0 Å². The van der Waals surface area contributed by atoms with Crippen molar-refractivity contribution in [2.24, 2.45) is 5.92 Å². The highest BCUT2D eigenvalue weighted by atomic mass is 19.1. The van der Waals surface area contributed by atoms with Crippen molar-refractivity contribution in [1.82, 2.24) is 15.3 Å². The first-order valence-electron chi connectivity index (χ1n) is 8.69. The van der Waals surface area contributed by atoms with Crippen LogP contribution in [0.2, 0.25) is 0 Å². The molecule has 1 fully saturated rings. The van der Waals surface area contributed by atoms with E-state index in [-0.39, 0.29) is 11.5 Å². The smallest absolute Gasteiger partial charge is 0.165 e. The summed E-state index contributed by atoms with van der Waals surface area (Å²) in [5, 5.41) is 11.8. The molecule has 3 rings (SSSR count). The Morgan fingerprint density at radius 3 is 2.96 bits per heavy atom. The molecule has 1 aliphatic heterocycles. The van der Waals surface area contributed by atoms with E-state index in [4.69, 9.17) is 5.41 Å². The maximum absolute atomic E-state index is 14.4. The number of hydrogen-bond acceptors (Lipinski definition) is 5. The van der Waals surface area contributed by atoms with Crippen LogP contribution in [0.25, 0.3) is 0 Å². The minimum Gasteiger partial charge on any atom is -0.351 e. The largest absolute Gasteiger partial charge is 0.351 e. The molecule has 1 atom stereocenters. The van der Waals surface area contributed by atoms with E-state index in [0.29, 0.717) is 35.6 Å². The van der Waals surface area contributed by atoms with Crippen molar-refractivity contribution in [3.63, 3.8) is 0 Å². The first-order valence-corrected chi connectivity index (χ1v) is 8.69. The molecule has 1 saturated heterocycles. The van der Waals surface area contributed by atoms with E-state index >= 15 is 0 Å². The van der Waals surface area contributed by atoms with Crippen LogP contribution in [-0.2, 0) is 0 Å². The number of nitrogens with one attached hydrogen (secondary N) is 2. The zero-order chi connectivity index (χ0) is 17.8. The Morgan fingerprint density at radius 2 is 2.24 bits per heavy atom. The number of aromatic nitrogens is 2. The summed E-state index contributed by atoms with van der Waals surface area (Å²) in [7, 11) is 0. The summed E-state index contributed by atoms with van der Waals surface area (Å²) in [4.78, 5) is 10.5. The molecule has 1 unspecified atom stereocenters. The molecular formula is C19H24FN5. The highest BCUT2D eigenvalue weighted by molar-refractivity contribution is 6.09. The van der Waals surface area contributed by atoms with Gasteiger partial charge >= 0.3 is 0 Å². The fraction of sp³-hybridized carbons (Fsp3) is 0.421. The van der Waals surface area contributed by atoms with Crippen LogP contribution in [0.5, 0.6) is 0 Å². The molecule has 5 nitrogen and oxygen atoms in total. The van der Waals surface area contributed by atoms with Gasteiger partial charge in [0.05, 0.1) is 11.4 Å². The zero-order valence-corrected chi connectivity index (χ0v) is 14.7. The molecule has 0 aliphatic carbocycles. The predicted octanol–water partition coefficient (Wildman–Crippen LogP) is 2.86. The Morgan fingerprint density at radius 1 is 1.40 bits per heavy atom. The molecular weight excluding hydrogens is 317 g/mol. The Kier molecular flexibility index (Phi) is 5.38.